The number of hydrogen-bond acceptors (Lipinski definition) is 2. The van der Waals surface area contributed by atoms with Gasteiger partial charge in [-0.3, -0.25) is 0 Å². The van der Waals surface area contributed by atoms with Crippen molar-refractivity contribution < 1.29 is 8.78 Å². The van der Waals surface area contributed by atoms with Crippen LogP contribution in [0.15, 0.2) is 36.5 Å². The second-order valence-corrected chi connectivity index (χ2v) is 5.78. The van der Waals surface area contributed by atoms with Crippen LogP contribution in [0.2, 0.25) is 0 Å². The number of pyridine rings is 1. The Balaban J connectivity index is 2.02. The van der Waals surface area contributed by atoms with Crippen LogP contribution in [0.4, 0.5) is 14.6 Å². The molecule has 0 unspecified atom stereocenters. The second-order valence-electron chi connectivity index (χ2n) is 5.78. The lowest BCUT2D eigenvalue weighted by Gasteiger charge is -2.18. The molecule has 1 aromatic heterocycles. The van der Waals surface area contributed by atoms with E-state index in [9.17, 15) is 8.78 Å². The van der Waals surface area contributed by atoms with Gasteiger partial charge in [-0.05, 0) is 34.7 Å². The van der Waals surface area contributed by atoms with E-state index in [-0.39, 0.29) is 5.41 Å². The van der Waals surface area contributed by atoms with Gasteiger partial charge in [0.15, 0.2) is 11.6 Å². The first-order valence-electron chi connectivity index (χ1n) is 6.50. The van der Waals surface area contributed by atoms with Gasteiger partial charge in [0, 0.05) is 12.7 Å². The zero-order valence-corrected chi connectivity index (χ0v) is 11.9. The van der Waals surface area contributed by atoms with E-state index in [1.807, 2.05) is 18.3 Å². The topological polar surface area (TPSA) is 24.9 Å². The fraction of sp³-hybridized carbons (Fsp3) is 0.312. The van der Waals surface area contributed by atoms with E-state index in [0.29, 0.717) is 17.9 Å². The molecule has 2 rings (SSSR count). The van der Waals surface area contributed by atoms with E-state index in [1.54, 1.807) is 6.07 Å². The summed E-state index contributed by atoms with van der Waals surface area (Å²) >= 11 is 0. The number of benzene rings is 1. The molecule has 0 aliphatic heterocycles. The van der Waals surface area contributed by atoms with Crippen molar-refractivity contribution in [3.8, 4) is 0 Å². The molecule has 0 aliphatic rings. The molecule has 1 aromatic carbocycles. The lowest BCUT2D eigenvalue weighted by atomic mass is 9.88. The highest BCUT2D eigenvalue weighted by Gasteiger charge is 2.13. The number of nitrogens with one attached hydrogen (secondary N) is 1. The van der Waals surface area contributed by atoms with Gasteiger partial charge < -0.3 is 5.32 Å². The van der Waals surface area contributed by atoms with E-state index in [1.165, 1.54) is 6.07 Å². The molecule has 106 valence electrons. The van der Waals surface area contributed by atoms with Gasteiger partial charge in [0.25, 0.3) is 0 Å². The normalized spacial score (nSPS) is 11.4. The van der Waals surface area contributed by atoms with Crippen LogP contribution in [0.3, 0.4) is 0 Å². The van der Waals surface area contributed by atoms with Crippen molar-refractivity contribution in [2.75, 3.05) is 5.32 Å². The van der Waals surface area contributed by atoms with Gasteiger partial charge in [0.2, 0.25) is 0 Å². The quantitative estimate of drug-likeness (QED) is 0.905. The third-order valence-corrected chi connectivity index (χ3v) is 3.09. The van der Waals surface area contributed by atoms with E-state index in [0.717, 1.165) is 11.6 Å². The molecule has 0 atom stereocenters. The summed E-state index contributed by atoms with van der Waals surface area (Å²) in [5, 5.41) is 3.09. The maximum Gasteiger partial charge on any atom is 0.159 e. The molecular formula is C16H18F2N2. The Morgan fingerprint density at radius 3 is 2.35 bits per heavy atom. The SMILES string of the molecule is CC(C)(C)c1ccc(NCc2ccc(F)c(F)c2)nc1. The maximum absolute atomic E-state index is 13.1. The number of anilines is 1. The van der Waals surface area contributed by atoms with Crippen LogP contribution in [0.1, 0.15) is 31.9 Å². The molecule has 0 saturated carbocycles. The summed E-state index contributed by atoms with van der Waals surface area (Å²) in [4.78, 5) is 4.32. The summed E-state index contributed by atoms with van der Waals surface area (Å²) in [5.74, 6) is -0.954. The van der Waals surface area contributed by atoms with Crippen molar-refractivity contribution in [3.63, 3.8) is 0 Å². The first-order chi connectivity index (χ1) is 9.36. The van der Waals surface area contributed by atoms with Crippen molar-refractivity contribution in [2.45, 2.75) is 32.7 Å². The molecule has 0 saturated heterocycles. The monoisotopic (exact) mass is 276 g/mol. The van der Waals surface area contributed by atoms with Gasteiger partial charge in [-0.2, -0.15) is 0 Å². The molecular weight excluding hydrogens is 258 g/mol. The highest BCUT2D eigenvalue weighted by molar-refractivity contribution is 5.38. The van der Waals surface area contributed by atoms with Crippen LogP contribution in [0.5, 0.6) is 0 Å². The zero-order chi connectivity index (χ0) is 14.8. The number of halogens is 2. The van der Waals surface area contributed by atoms with Gasteiger partial charge in [-0.15, -0.1) is 0 Å². The Bertz CT molecular complexity index is 586. The molecule has 20 heavy (non-hydrogen) atoms. The van der Waals surface area contributed by atoms with Gasteiger partial charge in [-0.25, -0.2) is 13.8 Å². The molecule has 0 aliphatic carbocycles. The van der Waals surface area contributed by atoms with Crippen LogP contribution >= 0.6 is 0 Å². The first-order valence-corrected chi connectivity index (χ1v) is 6.50. The lowest BCUT2D eigenvalue weighted by Crippen LogP contribution is -2.11. The molecule has 0 spiro atoms. The highest BCUT2D eigenvalue weighted by Crippen LogP contribution is 2.22. The molecule has 4 heteroatoms. The number of hydrogen-bond donors (Lipinski definition) is 1. The van der Waals surface area contributed by atoms with Crippen molar-refractivity contribution in [1.82, 2.24) is 4.98 Å². The smallest absolute Gasteiger partial charge is 0.159 e. The Kier molecular flexibility index (Phi) is 4.02. The van der Waals surface area contributed by atoms with E-state index >= 15 is 0 Å². The molecule has 1 N–H and O–H groups in total. The predicted octanol–water partition coefficient (Wildman–Crippen LogP) is 4.27. The fourth-order valence-corrected chi connectivity index (χ4v) is 1.78. The Labute approximate surface area is 117 Å². The van der Waals surface area contributed by atoms with Crippen molar-refractivity contribution in [1.29, 1.82) is 0 Å². The summed E-state index contributed by atoms with van der Waals surface area (Å²) in [6, 6.07) is 7.77. The van der Waals surface area contributed by atoms with Gasteiger partial charge in [-0.1, -0.05) is 32.9 Å². The Morgan fingerprint density at radius 2 is 1.80 bits per heavy atom. The number of rotatable bonds is 3. The lowest BCUT2D eigenvalue weighted by molar-refractivity contribution is 0.507. The summed E-state index contributed by atoms with van der Waals surface area (Å²) < 4.78 is 25.9. The third kappa shape index (κ3) is 3.53. The first kappa shape index (κ1) is 14.4. The van der Waals surface area contributed by atoms with Crippen molar-refractivity contribution in [2.24, 2.45) is 0 Å². The average Bonchev–Trinajstić information content (AvgIpc) is 2.40. The van der Waals surface area contributed by atoms with Crippen molar-refractivity contribution in [3.05, 3.63) is 59.3 Å². The molecule has 2 nitrogen and oxygen atoms in total. The van der Waals surface area contributed by atoms with E-state index < -0.39 is 11.6 Å². The van der Waals surface area contributed by atoms with Gasteiger partial charge in [0.1, 0.15) is 5.82 Å². The maximum atomic E-state index is 13.1. The van der Waals surface area contributed by atoms with Crippen LogP contribution in [0.25, 0.3) is 0 Å². The predicted molar refractivity (Wildman–Crippen MR) is 76.6 cm³/mol. The van der Waals surface area contributed by atoms with E-state index in [4.69, 9.17) is 0 Å². The van der Waals surface area contributed by atoms with E-state index in [2.05, 4.69) is 31.1 Å². The van der Waals surface area contributed by atoms with Crippen LogP contribution in [-0.2, 0) is 12.0 Å². The van der Waals surface area contributed by atoms with Gasteiger partial charge >= 0.3 is 0 Å². The molecule has 2 aromatic rings. The fourth-order valence-electron chi connectivity index (χ4n) is 1.78. The minimum absolute atomic E-state index is 0.0611. The highest BCUT2D eigenvalue weighted by atomic mass is 19.2. The standard InChI is InChI=1S/C16H18F2N2/c1-16(2,3)12-5-7-15(20-10-12)19-9-11-4-6-13(17)14(18)8-11/h4-8,10H,9H2,1-3H3,(H,19,20). The average molecular weight is 276 g/mol. The van der Waals surface area contributed by atoms with Gasteiger partial charge in [0.05, 0.1) is 0 Å². The molecule has 1 heterocycles. The Hall–Kier alpha value is -1.97. The van der Waals surface area contributed by atoms with Crippen LogP contribution in [0, 0.1) is 11.6 Å². The molecule has 0 fully saturated rings. The second kappa shape index (κ2) is 5.57. The summed E-state index contributed by atoms with van der Waals surface area (Å²) in [7, 11) is 0. The van der Waals surface area contributed by atoms with Crippen LogP contribution < -0.4 is 5.32 Å². The number of nitrogens with zero attached hydrogens (tertiary/aromatic N) is 1. The molecule has 0 radical (unpaired) electrons. The summed E-state index contributed by atoms with van der Waals surface area (Å²) in [5.41, 5.74) is 1.88. The third-order valence-electron chi connectivity index (χ3n) is 3.09. The zero-order valence-electron chi connectivity index (χ0n) is 11.9. The largest absolute Gasteiger partial charge is 0.366 e. The Morgan fingerprint density at radius 1 is 1.05 bits per heavy atom. The molecule has 0 amide bonds. The number of aromatic nitrogens is 1. The summed E-state index contributed by atoms with van der Waals surface area (Å²) in [6.07, 6.45) is 1.83. The minimum Gasteiger partial charge on any atom is -0.366 e. The molecule has 0 bridgehead atoms. The summed E-state index contributed by atoms with van der Waals surface area (Å²) in [6.45, 7) is 6.77. The minimum atomic E-state index is -0.833. The van der Waals surface area contributed by atoms with Crippen LogP contribution in [-0.4, -0.2) is 4.98 Å². The van der Waals surface area contributed by atoms with Crippen molar-refractivity contribution >= 4 is 5.82 Å².